The van der Waals surface area contributed by atoms with Gasteiger partial charge in [-0.1, -0.05) is 35.5 Å². The molecule has 0 fully saturated rings. The van der Waals surface area contributed by atoms with Crippen LogP contribution in [0.4, 0.5) is 5.69 Å². The molecular formula is C20H21N3O2. The molecule has 1 aromatic heterocycles. The first-order valence-electron chi connectivity index (χ1n) is 8.28. The Balaban J connectivity index is 1.60. The van der Waals surface area contributed by atoms with Gasteiger partial charge >= 0.3 is 0 Å². The lowest BCUT2D eigenvalue weighted by molar-refractivity contribution is -0.116. The normalized spacial score (nSPS) is 10.7. The Kier molecular flexibility index (Phi) is 4.93. The quantitative estimate of drug-likeness (QED) is 0.757. The van der Waals surface area contributed by atoms with Crippen molar-refractivity contribution in [2.24, 2.45) is 0 Å². The zero-order chi connectivity index (χ0) is 17.8. The summed E-state index contributed by atoms with van der Waals surface area (Å²) in [5.41, 5.74) is 5.08. The molecule has 3 rings (SSSR count). The van der Waals surface area contributed by atoms with E-state index in [1.165, 1.54) is 0 Å². The lowest BCUT2D eigenvalue weighted by Gasteiger charge is -2.06. The topological polar surface area (TPSA) is 68.0 Å². The predicted octanol–water partition coefficient (Wildman–Crippen LogP) is 4.23. The fraction of sp³-hybridized carbons (Fsp3) is 0.250. The van der Waals surface area contributed by atoms with Crippen LogP contribution in [-0.2, 0) is 11.2 Å². The van der Waals surface area contributed by atoms with E-state index in [4.69, 9.17) is 4.52 Å². The van der Waals surface area contributed by atoms with Gasteiger partial charge in [0.1, 0.15) is 0 Å². The molecule has 2 aromatic carbocycles. The van der Waals surface area contributed by atoms with Crippen LogP contribution in [0.3, 0.4) is 0 Å². The second-order valence-electron chi connectivity index (χ2n) is 6.25. The van der Waals surface area contributed by atoms with Crippen molar-refractivity contribution in [2.75, 3.05) is 5.32 Å². The fourth-order valence-corrected chi connectivity index (χ4v) is 2.78. The number of aromatic nitrogens is 2. The van der Waals surface area contributed by atoms with Gasteiger partial charge in [0, 0.05) is 24.1 Å². The molecule has 0 spiro atoms. The maximum absolute atomic E-state index is 12.1. The smallest absolute Gasteiger partial charge is 0.227 e. The molecular weight excluding hydrogens is 314 g/mol. The predicted molar refractivity (Wildman–Crippen MR) is 97.3 cm³/mol. The Bertz CT molecular complexity index is 879. The summed E-state index contributed by atoms with van der Waals surface area (Å²) in [6.07, 6.45) is 0.706. The summed E-state index contributed by atoms with van der Waals surface area (Å²) in [6, 6.07) is 13.8. The number of hydrogen-bond donors (Lipinski definition) is 1. The van der Waals surface area contributed by atoms with Crippen molar-refractivity contribution in [3.05, 3.63) is 65.0 Å². The zero-order valence-electron chi connectivity index (χ0n) is 14.7. The summed E-state index contributed by atoms with van der Waals surface area (Å²) >= 11 is 0. The SMILES string of the molecule is Cc1cc(C)cc(NC(=O)CCc2nc(-c3ccccc3C)no2)c1. The minimum absolute atomic E-state index is 0.0689. The van der Waals surface area contributed by atoms with Crippen LogP contribution in [0.15, 0.2) is 47.0 Å². The van der Waals surface area contributed by atoms with Gasteiger partial charge in [0.25, 0.3) is 0 Å². The number of carbonyl (C=O) groups excluding carboxylic acids is 1. The van der Waals surface area contributed by atoms with E-state index in [0.717, 1.165) is 27.9 Å². The molecule has 0 saturated carbocycles. The summed E-state index contributed by atoms with van der Waals surface area (Å²) in [5.74, 6) is 0.956. The first-order chi connectivity index (χ1) is 12.0. The average molecular weight is 335 g/mol. The largest absolute Gasteiger partial charge is 0.339 e. The molecule has 5 heteroatoms. The van der Waals surface area contributed by atoms with E-state index >= 15 is 0 Å². The van der Waals surface area contributed by atoms with Crippen molar-refractivity contribution >= 4 is 11.6 Å². The lowest BCUT2D eigenvalue weighted by atomic mass is 10.1. The lowest BCUT2D eigenvalue weighted by Crippen LogP contribution is -2.12. The summed E-state index contributed by atoms with van der Waals surface area (Å²) in [4.78, 5) is 16.5. The van der Waals surface area contributed by atoms with E-state index in [1.807, 2.05) is 57.2 Å². The van der Waals surface area contributed by atoms with Crippen molar-refractivity contribution in [3.8, 4) is 11.4 Å². The molecule has 0 radical (unpaired) electrons. The Morgan fingerprint density at radius 2 is 1.80 bits per heavy atom. The van der Waals surface area contributed by atoms with Crippen molar-refractivity contribution in [1.29, 1.82) is 0 Å². The molecule has 0 aliphatic heterocycles. The molecule has 0 atom stereocenters. The molecule has 1 heterocycles. The van der Waals surface area contributed by atoms with Gasteiger partial charge in [0.2, 0.25) is 17.6 Å². The van der Waals surface area contributed by atoms with Crippen LogP contribution in [-0.4, -0.2) is 16.0 Å². The van der Waals surface area contributed by atoms with Crippen molar-refractivity contribution in [2.45, 2.75) is 33.6 Å². The van der Waals surface area contributed by atoms with Crippen LogP contribution in [0, 0.1) is 20.8 Å². The minimum atomic E-state index is -0.0689. The highest BCUT2D eigenvalue weighted by atomic mass is 16.5. The highest BCUT2D eigenvalue weighted by Crippen LogP contribution is 2.20. The van der Waals surface area contributed by atoms with E-state index in [1.54, 1.807) is 0 Å². The van der Waals surface area contributed by atoms with Crippen LogP contribution in [0.5, 0.6) is 0 Å². The number of anilines is 1. The fourth-order valence-electron chi connectivity index (χ4n) is 2.78. The summed E-state index contributed by atoms with van der Waals surface area (Å²) in [7, 11) is 0. The highest BCUT2D eigenvalue weighted by Gasteiger charge is 2.12. The number of benzene rings is 2. The average Bonchev–Trinajstić information content (AvgIpc) is 3.01. The zero-order valence-corrected chi connectivity index (χ0v) is 14.7. The maximum Gasteiger partial charge on any atom is 0.227 e. The molecule has 128 valence electrons. The monoisotopic (exact) mass is 335 g/mol. The number of rotatable bonds is 5. The van der Waals surface area contributed by atoms with Gasteiger partial charge in [-0.25, -0.2) is 0 Å². The number of nitrogens with one attached hydrogen (secondary N) is 1. The van der Waals surface area contributed by atoms with E-state index < -0.39 is 0 Å². The van der Waals surface area contributed by atoms with Gasteiger partial charge in [-0.05, 0) is 49.6 Å². The highest BCUT2D eigenvalue weighted by molar-refractivity contribution is 5.90. The molecule has 0 aliphatic carbocycles. The third-order valence-corrected chi connectivity index (χ3v) is 3.93. The molecule has 1 N–H and O–H groups in total. The Labute approximate surface area is 147 Å². The number of amides is 1. The van der Waals surface area contributed by atoms with E-state index in [0.29, 0.717) is 24.6 Å². The number of carbonyl (C=O) groups is 1. The van der Waals surface area contributed by atoms with Crippen LogP contribution in [0.2, 0.25) is 0 Å². The number of aryl methyl sites for hydroxylation is 4. The Morgan fingerprint density at radius 3 is 2.52 bits per heavy atom. The standard InChI is InChI=1S/C20H21N3O2/c1-13-10-14(2)12-16(11-13)21-18(24)8-9-19-22-20(23-25-19)17-7-5-4-6-15(17)3/h4-7,10-12H,8-9H2,1-3H3,(H,21,24). The molecule has 0 bridgehead atoms. The minimum Gasteiger partial charge on any atom is -0.339 e. The molecule has 5 nitrogen and oxygen atoms in total. The van der Waals surface area contributed by atoms with Gasteiger partial charge in [-0.15, -0.1) is 0 Å². The van der Waals surface area contributed by atoms with Crippen LogP contribution in [0.1, 0.15) is 29.0 Å². The second kappa shape index (κ2) is 7.30. The first-order valence-corrected chi connectivity index (χ1v) is 8.28. The third-order valence-electron chi connectivity index (χ3n) is 3.93. The van der Waals surface area contributed by atoms with E-state index in [2.05, 4.69) is 21.5 Å². The molecule has 1 amide bonds. The third kappa shape index (κ3) is 4.32. The van der Waals surface area contributed by atoms with Crippen molar-refractivity contribution in [3.63, 3.8) is 0 Å². The molecule has 0 aliphatic rings. The van der Waals surface area contributed by atoms with Crippen LogP contribution in [0.25, 0.3) is 11.4 Å². The van der Waals surface area contributed by atoms with E-state index in [-0.39, 0.29) is 5.91 Å². The van der Waals surface area contributed by atoms with Crippen molar-refractivity contribution < 1.29 is 9.32 Å². The van der Waals surface area contributed by atoms with Crippen LogP contribution < -0.4 is 5.32 Å². The number of hydrogen-bond acceptors (Lipinski definition) is 4. The van der Waals surface area contributed by atoms with Gasteiger partial charge in [0.05, 0.1) is 0 Å². The summed E-state index contributed by atoms with van der Waals surface area (Å²) < 4.78 is 5.27. The van der Waals surface area contributed by atoms with Gasteiger partial charge in [-0.3, -0.25) is 4.79 Å². The second-order valence-corrected chi connectivity index (χ2v) is 6.25. The first kappa shape index (κ1) is 16.9. The summed E-state index contributed by atoms with van der Waals surface area (Å²) in [5, 5.41) is 6.93. The van der Waals surface area contributed by atoms with Gasteiger partial charge in [0.15, 0.2) is 0 Å². The summed E-state index contributed by atoms with van der Waals surface area (Å²) in [6.45, 7) is 6.02. The molecule has 0 saturated heterocycles. The van der Waals surface area contributed by atoms with Crippen LogP contribution >= 0.6 is 0 Å². The Hall–Kier alpha value is -2.95. The van der Waals surface area contributed by atoms with Crippen molar-refractivity contribution in [1.82, 2.24) is 10.1 Å². The van der Waals surface area contributed by atoms with E-state index in [9.17, 15) is 4.79 Å². The number of nitrogens with zero attached hydrogens (tertiary/aromatic N) is 2. The molecule has 3 aromatic rings. The maximum atomic E-state index is 12.1. The van der Waals surface area contributed by atoms with Gasteiger partial charge < -0.3 is 9.84 Å². The molecule has 0 unspecified atom stereocenters. The molecule has 25 heavy (non-hydrogen) atoms. The van der Waals surface area contributed by atoms with Gasteiger partial charge in [-0.2, -0.15) is 4.98 Å². The Morgan fingerprint density at radius 1 is 1.08 bits per heavy atom.